The molecule has 0 saturated carbocycles. The van der Waals surface area contributed by atoms with Crippen molar-refractivity contribution in [2.75, 3.05) is 6.54 Å². The van der Waals surface area contributed by atoms with Crippen LogP contribution < -0.4 is 5.32 Å². The van der Waals surface area contributed by atoms with E-state index in [2.05, 4.69) is 5.32 Å². The summed E-state index contributed by atoms with van der Waals surface area (Å²) in [5, 5.41) is 11.4. The van der Waals surface area contributed by atoms with E-state index in [4.69, 9.17) is 9.84 Å². The molecule has 1 aromatic carbocycles. The van der Waals surface area contributed by atoms with Gasteiger partial charge < -0.3 is 9.84 Å². The molecular weight excluding hydrogens is 286 g/mol. The number of carboxylic acids is 1. The van der Waals surface area contributed by atoms with Crippen LogP contribution in [0.4, 0.5) is 0 Å². The van der Waals surface area contributed by atoms with Gasteiger partial charge in [-0.3, -0.25) is 14.9 Å². The molecule has 1 rings (SSSR count). The van der Waals surface area contributed by atoms with Crippen molar-refractivity contribution in [2.24, 2.45) is 0 Å². The highest BCUT2D eigenvalue weighted by Gasteiger charge is 2.23. The minimum absolute atomic E-state index is 0.173. The summed E-state index contributed by atoms with van der Waals surface area (Å²) in [4.78, 5) is 35.1. The third-order valence-electron chi connectivity index (χ3n) is 2.79. The quantitative estimate of drug-likeness (QED) is 0.616. The maximum absolute atomic E-state index is 12.2. The molecule has 1 atom stereocenters. The van der Waals surface area contributed by atoms with Crippen molar-refractivity contribution in [3.8, 4) is 0 Å². The zero-order valence-electron chi connectivity index (χ0n) is 13.2. The minimum Gasteiger partial charge on any atom is -0.480 e. The molecule has 0 aliphatic heterocycles. The predicted octanol–water partition coefficient (Wildman–Crippen LogP) is 1.89. The molecule has 22 heavy (non-hydrogen) atoms. The number of rotatable bonds is 6. The number of carbonyl (C=O) groups excluding carboxylic acids is 2. The van der Waals surface area contributed by atoms with Crippen LogP contribution in [0.3, 0.4) is 0 Å². The number of carboxylic acid groups (broad SMARTS) is 1. The van der Waals surface area contributed by atoms with Gasteiger partial charge in [-0.05, 0) is 33.8 Å². The highest BCUT2D eigenvalue weighted by Crippen LogP contribution is 2.16. The fourth-order valence-corrected chi connectivity index (χ4v) is 1.67. The molecule has 0 fully saturated rings. The summed E-state index contributed by atoms with van der Waals surface area (Å²) in [7, 11) is 0. The maximum Gasteiger partial charge on any atom is 0.339 e. The smallest absolute Gasteiger partial charge is 0.339 e. The average molecular weight is 307 g/mol. The van der Waals surface area contributed by atoms with Crippen LogP contribution in [-0.2, 0) is 9.53 Å². The van der Waals surface area contributed by atoms with Gasteiger partial charge in [-0.2, -0.15) is 0 Å². The Hall–Kier alpha value is -2.21. The van der Waals surface area contributed by atoms with Crippen molar-refractivity contribution >= 4 is 17.7 Å². The largest absolute Gasteiger partial charge is 0.480 e. The molecule has 0 radical (unpaired) electrons. The van der Waals surface area contributed by atoms with E-state index in [0.29, 0.717) is 0 Å². The van der Waals surface area contributed by atoms with Crippen LogP contribution in [0, 0.1) is 0 Å². The second kappa shape index (κ2) is 7.17. The Morgan fingerprint density at radius 3 is 2.23 bits per heavy atom. The standard InChI is InChI=1S/C16H21NO5/c1-10(14(19)20)17-9-13(18)11-7-5-6-8-12(11)15(21)22-16(2,3)4/h5-8,10,17H,9H2,1-4H3,(H,19,20)/t10-/m0/s1. The maximum atomic E-state index is 12.2. The number of carbonyl (C=O) groups is 3. The number of hydrogen-bond acceptors (Lipinski definition) is 5. The van der Waals surface area contributed by atoms with Crippen LogP contribution in [-0.4, -0.2) is 41.0 Å². The van der Waals surface area contributed by atoms with Crippen LogP contribution in [0.5, 0.6) is 0 Å². The summed E-state index contributed by atoms with van der Waals surface area (Å²) < 4.78 is 5.27. The lowest BCUT2D eigenvalue weighted by molar-refractivity contribution is -0.138. The Morgan fingerprint density at radius 1 is 1.18 bits per heavy atom. The number of esters is 1. The summed E-state index contributed by atoms with van der Waals surface area (Å²) in [6.07, 6.45) is 0. The molecule has 0 aliphatic carbocycles. The normalized spacial score (nSPS) is 12.5. The van der Waals surface area contributed by atoms with Crippen LogP contribution in [0.1, 0.15) is 48.4 Å². The van der Waals surface area contributed by atoms with Crippen molar-refractivity contribution in [3.63, 3.8) is 0 Å². The Morgan fingerprint density at radius 2 is 1.73 bits per heavy atom. The summed E-state index contributed by atoms with van der Waals surface area (Å²) in [6, 6.07) is 5.47. The number of aliphatic carboxylic acids is 1. The first-order valence-corrected chi connectivity index (χ1v) is 6.93. The molecule has 0 heterocycles. The number of Topliss-reactive ketones (excluding diaryl/α,β-unsaturated/α-hetero) is 1. The van der Waals surface area contributed by atoms with Crippen molar-refractivity contribution in [1.82, 2.24) is 5.32 Å². The second-order valence-electron chi connectivity index (χ2n) is 5.91. The first-order chi connectivity index (χ1) is 10.1. The molecule has 6 nitrogen and oxygen atoms in total. The van der Waals surface area contributed by atoms with Crippen LogP contribution in [0.2, 0.25) is 0 Å². The van der Waals surface area contributed by atoms with E-state index >= 15 is 0 Å². The predicted molar refractivity (Wildman–Crippen MR) is 81.0 cm³/mol. The number of benzene rings is 1. The third-order valence-corrected chi connectivity index (χ3v) is 2.79. The van der Waals surface area contributed by atoms with Crippen molar-refractivity contribution in [1.29, 1.82) is 0 Å². The van der Waals surface area contributed by atoms with Gasteiger partial charge >= 0.3 is 11.9 Å². The lowest BCUT2D eigenvalue weighted by Crippen LogP contribution is -2.37. The van der Waals surface area contributed by atoms with Crippen molar-refractivity contribution < 1.29 is 24.2 Å². The molecule has 2 N–H and O–H groups in total. The summed E-state index contributed by atoms with van der Waals surface area (Å²) >= 11 is 0. The molecule has 0 aliphatic rings. The summed E-state index contributed by atoms with van der Waals surface area (Å²) in [5.74, 6) is -1.99. The fourth-order valence-electron chi connectivity index (χ4n) is 1.67. The van der Waals surface area contributed by atoms with Crippen molar-refractivity contribution in [3.05, 3.63) is 35.4 Å². The summed E-state index contributed by atoms with van der Waals surface area (Å²) in [6.45, 7) is 6.49. The molecular formula is C16H21NO5. The molecule has 1 aromatic rings. The van der Waals surface area contributed by atoms with Crippen LogP contribution in [0.25, 0.3) is 0 Å². The zero-order chi connectivity index (χ0) is 16.9. The van der Waals surface area contributed by atoms with Crippen molar-refractivity contribution in [2.45, 2.75) is 39.3 Å². The van der Waals surface area contributed by atoms with E-state index in [-0.39, 0.29) is 23.5 Å². The molecule has 0 amide bonds. The minimum atomic E-state index is -1.05. The van der Waals surface area contributed by atoms with Gasteiger partial charge in [-0.15, -0.1) is 0 Å². The topological polar surface area (TPSA) is 92.7 Å². The van der Waals surface area contributed by atoms with E-state index in [9.17, 15) is 14.4 Å². The fraction of sp³-hybridized carbons (Fsp3) is 0.438. The van der Waals surface area contributed by atoms with Gasteiger partial charge in [0, 0.05) is 5.56 Å². The van der Waals surface area contributed by atoms with Gasteiger partial charge in [-0.1, -0.05) is 18.2 Å². The molecule has 0 spiro atoms. The Labute approximate surface area is 129 Å². The van der Waals surface area contributed by atoms with Gasteiger partial charge in [-0.25, -0.2) is 4.79 Å². The Kier molecular flexibility index (Phi) is 5.82. The molecule has 0 aromatic heterocycles. The molecule has 0 saturated heterocycles. The van der Waals surface area contributed by atoms with Crippen LogP contribution in [0.15, 0.2) is 24.3 Å². The third kappa shape index (κ3) is 5.29. The first-order valence-electron chi connectivity index (χ1n) is 6.93. The Bertz CT molecular complexity index is 574. The molecule has 120 valence electrons. The highest BCUT2D eigenvalue weighted by atomic mass is 16.6. The SMILES string of the molecule is C[C@H](NCC(=O)c1ccccc1C(=O)OC(C)(C)C)C(=O)O. The van der Waals surface area contributed by atoms with E-state index in [0.717, 1.165) is 0 Å². The van der Waals surface area contributed by atoms with Gasteiger partial charge in [0.1, 0.15) is 11.6 Å². The molecule has 0 unspecified atom stereocenters. The van der Waals surface area contributed by atoms with E-state index in [1.807, 2.05) is 0 Å². The Balaban J connectivity index is 2.89. The number of ketones is 1. The first kappa shape index (κ1) is 17.8. The highest BCUT2D eigenvalue weighted by molar-refractivity contribution is 6.07. The second-order valence-corrected chi connectivity index (χ2v) is 5.91. The van der Waals surface area contributed by atoms with Gasteiger partial charge in [0.05, 0.1) is 12.1 Å². The molecule has 0 bridgehead atoms. The number of hydrogen-bond donors (Lipinski definition) is 2. The van der Waals surface area contributed by atoms with Crippen LogP contribution >= 0.6 is 0 Å². The lowest BCUT2D eigenvalue weighted by atomic mass is 10.0. The average Bonchev–Trinajstić information content (AvgIpc) is 2.42. The van der Waals surface area contributed by atoms with Gasteiger partial charge in [0.2, 0.25) is 0 Å². The number of nitrogens with one attached hydrogen (secondary N) is 1. The molecule has 6 heteroatoms. The zero-order valence-corrected chi connectivity index (χ0v) is 13.2. The number of ether oxygens (including phenoxy) is 1. The van der Waals surface area contributed by atoms with E-state index < -0.39 is 23.6 Å². The summed E-state index contributed by atoms with van der Waals surface area (Å²) in [5.41, 5.74) is -0.280. The van der Waals surface area contributed by atoms with Gasteiger partial charge in [0.25, 0.3) is 0 Å². The monoisotopic (exact) mass is 307 g/mol. The van der Waals surface area contributed by atoms with E-state index in [1.54, 1.807) is 32.9 Å². The van der Waals surface area contributed by atoms with Gasteiger partial charge in [0.15, 0.2) is 5.78 Å². The van der Waals surface area contributed by atoms with E-state index in [1.165, 1.54) is 19.1 Å². The lowest BCUT2D eigenvalue weighted by Gasteiger charge is -2.20.